The molecule has 9 nitrogen and oxygen atoms in total. The van der Waals surface area contributed by atoms with Crippen LogP contribution in [0.3, 0.4) is 0 Å². The van der Waals surface area contributed by atoms with Crippen molar-refractivity contribution < 1.29 is 22.9 Å². The topological polar surface area (TPSA) is 95.0 Å². The summed E-state index contributed by atoms with van der Waals surface area (Å²) in [5.41, 5.74) is 0.352. The molecule has 2 aromatic carbocycles. The molecule has 36 heavy (non-hydrogen) atoms. The van der Waals surface area contributed by atoms with Crippen LogP contribution in [0.25, 0.3) is 10.9 Å². The van der Waals surface area contributed by atoms with Gasteiger partial charge in [0.25, 0.3) is 0 Å². The molecule has 0 aliphatic rings. The second kappa shape index (κ2) is 11.1. The Labute approximate surface area is 213 Å². The SMILES string of the molecule is COc1ccc(N(C)c2nc(NCCOP(=O)(OC(C)(C)C)OC(C)(C)C)nc3ccccc23)cc1. The summed E-state index contributed by atoms with van der Waals surface area (Å²) in [7, 11) is -0.202. The van der Waals surface area contributed by atoms with Crippen LogP contribution in [0.15, 0.2) is 48.5 Å². The van der Waals surface area contributed by atoms with Gasteiger partial charge in [-0.05, 0) is 77.9 Å². The third kappa shape index (κ3) is 7.90. The highest BCUT2D eigenvalue weighted by molar-refractivity contribution is 7.48. The van der Waals surface area contributed by atoms with Gasteiger partial charge in [-0.1, -0.05) is 12.1 Å². The molecule has 3 rings (SSSR count). The van der Waals surface area contributed by atoms with Gasteiger partial charge in [0.15, 0.2) is 0 Å². The Morgan fingerprint density at radius 2 is 1.53 bits per heavy atom. The Bertz CT molecular complexity index is 1190. The first kappa shape index (κ1) is 27.9. The van der Waals surface area contributed by atoms with Gasteiger partial charge in [0, 0.05) is 24.7 Å². The van der Waals surface area contributed by atoms with Crippen molar-refractivity contribution in [2.45, 2.75) is 52.7 Å². The molecular weight excluding hydrogens is 479 g/mol. The highest BCUT2D eigenvalue weighted by atomic mass is 31.2. The summed E-state index contributed by atoms with van der Waals surface area (Å²) in [5, 5.41) is 4.09. The Balaban J connectivity index is 1.77. The lowest BCUT2D eigenvalue weighted by Crippen LogP contribution is -2.25. The van der Waals surface area contributed by atoms with E-state index in [1.165, 1.54) is 0 Å². The molecule has 0 radical (unpaired) electrons. The summed E-state index contributed by atoms with van der Waals surface area (Å²) in [4.78, 5) is 11.4. The van der Waals surface area contributed by atoms with Crippen molar-refractivity contribution in [3.8, 4) is 5.75 Å². The third-order valence-corrected chi connectivity index (χ3v) is 6.81. The molecule has 10 heteroatoms. The summed E-state index contributed by atoms with van der Waals surface area (Å²) in [6, 6.07) is 15.6. The average molecular weight is 517 g/mol. The Kier molecular flexibility index (Phi) is 8.62. The number of methoxy groups -OCH3 is 1. The summed E-state index contributed by atoms with van der Waals surface area (Å²) >= 11 is 0. The number of para-hydroxylation sites is 1. The molecule has 3 aromatic rings. The van der Waals surface area contributed by atoms with Crippen LogP contribution in [0.2, 0.25) is 0 Å². The van der Waals surface area contributed by atoms with Crippen molar-refractivity contribution in [1.82, 2.24) is 9.97 Å². The van der Waals surface area contributed by atoms with Gasteiger partial charge in [-0.2, -0.15) is 4.98 Å². The van der Waals surface area contributed by atoms with Gasteiger partial charge in [0.1, 0.15) is 11.6 Å². The van der Waals surface area contributed by atoms with E-state index < -0.39 is 19.0 Å². The average Bonchev–Trinajstić information content (AvgIpc) is 2.78. The van der Waals surface area contributed by atoms with Gasteiger partial charge in [-0.15, -0.1) is 0 Å². The number of phosphoric ester groups is 1. The molecular formula is C26H37N4O5P. The van der Waals surface area contributed by atoms with E-state index in [2.05, 4.69) is 10.3 Å². The molecule has 0 fully saturated rings. The van der Waals surface area contributed by atoms with E-state index in [0.717, 1.165) is 28.2 Å². The number of aromatic nitrogens is 2. The number of anilines is 3. The van der Waals surface area contributed by atoms with E-state index in [4.69, 9.17) is 23.3 Å². The largest absolute Gasteiger partial charge is 0.497 e. The Morgan fingerprint density at radius 3 is 2.11 bits per heavy atom. The first-order valence-corrected chi connectivity index (χ1v) is 13.3. The van der Waals surface area contributed by atoms with Crippen LogP contribution in [-0.2, 0) is 18.1 Å². The van der Waals surface area contributed by atoms with Gasteiger partial charge in [-0.25, -0.2) is 9.55 Å². The van der Waals surface area contributed by atoms with Gasteiger partial charge >= 0.3 is 7.82 Å². The van der Waals surface area contributed by atoms with Crippen LogP contribution < -0.4 is 15.0 Å². The van der Waals surface area contributed by atoms with Crippen molar-refractivity contribution >= 4 is 36.2 Å². The number of benzene rings is 2. The van der Waals surface area contributed by atoms with E-state index in [0.29, 0.717) is 12.5 Å². The number of ether oxygens (including phenoxy) is 1. The van der Waals surface area contributed by atoms with Crippen LogP contribution in [0.5, 0.6) is 5.75 Å². The van der Waals surface area contributed by atoms with E-state index in [-0.39, 0.29) is 6.61 Å². The first-order chi connectivity index (χ1) is 16.8. The highest BCUT2D eigenvalue weighted by Gasteiger charge is 2.37. The zero-order chi connectivity index (χ0) is 26.6. The molecule has 0 spiro atoms. The third-order valence-electron chi connectivity index (χ3n) is 4.77. The van der Waals surface area contributed by atoms with E-state index >= 15 is 0 Å². The number of fused-ring (bicyclic) bond motifs is 1. The molecule has 0 saturated carbocycles. The summed E-state index contributed by atoms with van der Waals surface area (Å²) < 4.78 is 35.5. The minimum atomic E-state index is -3.79. The standard InChI is InChI=1S/C26H37N4O5P/c1-25(2,3)34-36(31,35-26(4,5)6)33-18-17-27-24-28-22-12-10-9-11-21(22)23(29-24)30(7)19-13-15-20(32-8)16-14-19/h9-16H,17-18H2,1-8H3,(H,27,28,29). The zero-order valence-electron chi connectivity index (χ0n) is 22.4. The number of nitrogens with zero attached hydrogens (tertiary/aromatic N) is 3. The monoisotopic (exact) mass is 516 g/mol. The second-order valence-corrected chi connectivity index (χ2v) is 11.8. The Hall–Kier alpha value is -2.71. The fraction of sp³-hybridized carbons (Fsp3) is 0.462. The van der Waals surface area contributed by atoms with Crippen LogP contribution in [0, 0.1) is 0 Å². The number of hydrogen-bond acceptors (Lipinski definition) is 9. The lowest BCUT2D eigenvalue weighted by atomic mass is 10.2. The van der Waals surface area contributed by atoms with Gasteiger partial charge in [0.05, 0.1) is 30.4 Å². The summed E-state index contributed by atoms with van der Waals surface area (Å²) in [6.07, 6.45) is 0. The predicted octanol–water partition coefficient (Wildman–Crippen LogP) is 6.57. The molecule has 0 aliphatic heterocycles. The van der Waals surface area contributed by atoms with Crippen molar-refractivity contribution in [3.05, 3.63) is 48.5 Å². The van der Waals surface area contributed by atoms with E-state index in [1.54, 1.807) is 48.7 Å². The fourth-order valence-corrected chi connectivity index (χ4v) is 5.18. The molecule has 1 aromatic heterocycles. The lowest BCUT2D eigenvalue weighted by Gasteiger charge is -2.30. The fourth-order valence-electron chi connectivity index (χ4n) is 3.39. The second-order valence-electron chi connectivity index (χ2n) is 10.3. The maximum atomic E-state index is 13.2. The van der Waals surface area contributed by atoms with Crippen molar-refractivity contribution in [1.29, 1.82) is 0 Å². The van der Waals surface area contributed by atoms with Crippen LogP contribution in [-0.4, -0.2) is 48.5 Å². The zero-order valence-corrected chi connectivity index (χ0v) is 23.3. The van der Waals surface area contributed by atoms with E-state index in [1.807, 2.05) is 60.5 Å². The number of rotatable bonds is 10. The first-order valence-electron chi connectivity index (χ1n) is 11.8. The number of phosphoric acid groups is 1. The molecule has 196 valence electrons. The van der Waals surface area contributed by atoms with Crippen molar-refractivity contribution in [2.24, 2.45) is 0 Å². The maximum absolute atomic E-state index is 13.2. The molecule has 0 saturated heterocycles. The molecule has 0 atom stereocenters. The Morgan fingerprint density at radius 1 is 0.917 bits per heavy atom. The minimum absolute atomic E-state index is 0.0727. The molecule has 0 bridgehead atoms. The normalized spacial score (nSPS) is 12.6. The predicted molar refractivity (Wildman–Crippen MR) is 144 cm³/mol. The highest BCUT2D eigenvalue weighted by Crippen LogP contribution is 2.55. The van der Waals surface area contributed by atoms with Crippen LogP contribution in [0.1, 0.15) is 41.5 Å². The van der Waals surface area contributed by atoms with Crippen molar-refractivity contribution in [3.63, 3.8) is 0 Å². The van der Waals surface area contributed by atoms with E-state index in [9.17, 15) is 4.57 Å². The quantitative estimate of drug-likeness (QED) is 0.237. The molecule has 1 heterocycles. The minimum Gasteiger partial charge on any atom is -0.497 e. The molecule has 1 N–H and O–H groups in total. The van der Waals surface area contributed by atoms with Crippen molar-refractivity contribution in [2.75, 3.05) is 37.5 Å². The molecule has 0 amide bonds. The van der Waals surface area contributed by atoms with Crippen LogP contribution in [0.4, 0.5) is 17.5 Å². The maximum Gasteiger partial charge on any atom is 0.475 e. The lowest BCUT2D eigenvalue weighted by molar-refractivity contribution is 0.00457. The summed E-state index contributed by atoms with van der Waals surface area (Å²) in [5.74, 6) is 1.95. The molecule has 0 aliphatic carbocycles. The van der Waals surface area contributed by atoms with Crippen LogP contribution >= 0.6 is 7.82 Å². The van der Waals surface area contributed by atoms with Gasteiger partial charge < -0.3 is 15.0 Å². The van der Waals surface area contributed by atoms with Gasteiger partial charge in [0.2, 0.25) is 5.95 Å². The number of nitrogens with one attached hydrogen (secondary N) is 1. The smallest absolute Gasteiger partial charge is 0.475 e. The van der Waals surface area contributed by atoms with Gasteiger partial charge in [-0.3, -0.25) is 13.6 Å². The molecule has 0 unspecified atom stereocenters. The number of hydrogen-bond donors (Lipinski definition) is 1. The summed E-state index contributed by atoms with van der Waals surface area (Å²) in [6.45, 7) is 11.2.